The van der Waals surface area contributed by atoms with Crippen LogP contribution in [-0.4, -0.2) is 11.8 Å². The van der Waals surface area contributed by atoms with E-state index in [-0.39, 0.29) is 22.6 Å². The highest BCUT2D eigenvalue weighted by atomic mass is 16.2. The first-order valence-corrected chi connectivity index (χ1v) is 11.0. The Labute approximate surface area is 153 Å². The fourth-order valence-corrected chi connectivity index (χ4v) is 6.32. The van der Waals surface area contributed by atoms with E-state index in [9.17, 15) is 9.59 Å². The van der Waals surface area contributed by atoms with Gasteiger partial charge in [-0.05, 0) is 38.0 Å². The quantitative estimate of drug-likeness (QED) is 0.464. The van der Waals surface area contributed by atoms with Gasteiger partial charge in [0.1, 0.15) is 0 Å². The van der Waals surface area contributed by atoms with E-state index in [0.717, 1.165) is 51.4 Å². The van der Waals surface area contributed by atoms with Crippen LogP contribution in [0, 0.1) is 16.7 Å². The Morgan fingerprint density at radius 3 is 2.28 bits per heavy atom. The average molecular weight is 348 g/mol. The van der Waals surface area contributed by atoms with Crippen LogP contribution >= 0.6 is 0 Å². The van der Waals surface area contributed by atoms with Crippen LogP contribution in [0.4, 0.5) is 0 Å². The first-order chi connectivity index (χ1) is 12.2. The minimum absolute atomic E-state index is 0.0799. The molecule has 0 aromatic heterocycles. The Kier molecular flexibility index (Phi) is 6.22. The van der Waals surface area contributed by atoms with Crippen LogP contribution in [0.2, 0.25) is 0 Å². The summed E-state index contributed by atoms with van der Waals surface area (Å²) in [5, 5.41) is 2.82. The summed E-state index contributed by atoms with van der Waals surface area (Å²) in [5.74, 6) is 0.611. The van der Waals surface area contributed by atoms with Crippen molar-refractivity contribution in [3.8, 4) is 0 Å². The van der Waals surface area contributed by atoms with Crippen LogP contribution in [0.25, 0.3) is 0 Å². The van der Waals surface area contributed by atoms with Gasteiger partial charge in [-0.25, -0.2) is 0 Å². The summed E-state index contributed by atoms with van der Waals surface area (Å²) in [6.07, 6.45) is 18.6. The van der Waals surface area contributed by atoms with Crippen molar-refractivity contribution in [2.75, 3.05) is 0 Å². The summed E-state index contributed by atoms with van der Waals surface area (Å²) < 4.78 is 0. The van der Waals surface area contributed by atoms with E-state index in [1.165, 1.54) is 51.4 Å². The lowest BCUT2D eigenvalue weighted by molar-refractivity contribution is -0.149. The molecule has 2 aliphatic carbocycles. The molecule has 2 unspecified atom stereocenters. The molecule has 142 valence electrons. The molecule has 3 aliphatic rings. The van der Waals surface area contributed by atoms with Crippen molar-refractivity contribution in [1.29, 1.82) is 0 Å². The molecule has 1 heterocycles. The van der Waals surface area contributed by atoms with E-state index in [1.54, 1.807) is 0 Å². The molecule has 0 bridgehead atoms. The number of unbranched alkanes of at least 4 members (excludes halogenated alkanes) is 5. The number of hydrogen-bond acceptors (Lipinski definition) is 2. The summed E-state index contributed by atoms with van der Waals surface area (Å²) in [6.45, 7) is 2.24. The minimum atomic E-state index is -0.380. The van der Waals surface area contributed by atoms with E-state index in [0.29, 0.717) is 5.92 Å². The fraction of sp³-hybridized carbons (Fsp3) is 0.909. The van der Waals surface area contributed by atoms with Gasteiger partial charge >= 0.3 is 0 Å². The maximum absolute atomic E-state index is 13.1. The van der Waals surface area contributed by atoms with Crippen molar-refractivity contribution in [2.24, 2.45) is 16.7 Å². The molecule has 2 saturated carbocycles. The van der Waals surface area contributed by atoms with E-state index in [2.05, 4.69) is 12.2 Å². The normalized spacial score (nSPS) is 33.3. The summed E-state index contributed by atoms with van der Waals surface area (Å²) in [5.41, 5.74) is -0.749. The zero-order valence-electron chi connectivity index (χ0n) is 16.2. The van der Waals surface area contributed by atoms with Gasteiger partial charge in [0.2, 0.25) is 11.8 Å². The molecule has 0 spiro atoms. The zero-order chi connectivity index (χ0) is 17.8. The van der Waals surface area contributed by atoms with Crippen molar-refractivity contribution < 1.29 is 9.59 Å². The summed E-state index contributed by atoms with van der Waals surface area (Å²) in [6, 6.07) is 0. The largest absolute Gasteiger partial charge is 0.295 e. The summed E-state index contributed by atoms with van der Waals surface area (Å²) in [4.78, 5) is 26.1. The zero-order valence-corrected chi connectivity index (χ0v) is 16.2. The Balaban J connectivity index is 1.76. The molecule has 1 N–H and O–H groups in total. The van der Waals surface area contributed by atoms with E-state index >= 15 is 0 Å². The SMILES string of the molecule is CCCCCCCCC12CCCCC1(C1CCCCC1)C(=O)NC2=O. The highest BCUT2D eigenvalue weighted by molar-refractivity contribution is 6.10. The molecule has 25 heavy (non-hydrogen) atoms. The predicted octanol–water partition coefficient (Wildman–Crippen LogP) is 5.52. The van der Waals surface area contributed by atoms with Gasteiger partial charge in [-0.2, -0.15) is 0 Å². The van der Waals surface area contributed by atoms with Gasteiger partial charge in [0.25, 0.3) is 0 Å². The van der Waals surface area contributed by atoms with Crippen LogP contribution in [0.15, 0.2) is 0 Å². The first-order valence-electron chi connectivity index (χ1n) is 11.0. The van der Waals surface area contributed by atoms with E-state index in [4.69, 9.17) is 0 Å². The van der Waals surface area contributed by atoms with Crippen LogP contribution in [0.3, 0.4) is 0 Å². The number of imide groups is 1. The molecule has 1 aliphatic heterocycles. The number of hydrogen-bond donors (Lipinski definition) is 1. The molecule has 3 rings (SSSR count). The average Bonchev–Trinajstić information content (AvgIpc) is 2.87. The molecular weight excluding hydrogens is 310 g/mol. The van der Waals surface area contributed by atoms with Crippen LogP contribution in [0.1, 0.15) is 110 Å². The maximum Gasteiger partial charge on any atom is 0.234 e. The lowest BCUT2D eigenvalue weighted by atomic mass is 9.49. The first kappa shape index (κ1) is 18.9. The van der Waals surface area contributed by atoms with Gasteiger partial charge < -0.3 is 0 Å². The lowest BCUT2D eigenvalue weighted by Crippen LogP contribution is -2.52. The number of nitrogens with one attached hydrogen (secondary N) is 1. The fourth-order valence-electron chi connectivity index (χ4n) is 6.32. The molecule has 2 atom stereocenters. The van der Waals surface area contributed by atoms with Gasteiger partial charge in [-0.15, -0.1) is 0 Å². The molecule has 3 nitrogen and oxygen atoms in total. The van der Waals surface area contributed by atoms with Crippen LogP contribution < -0.4 is 5.32 Å². The minimum Gasteiger partial charge on any atom is -0.295 e. The Bertz CT molecular complexity index is 482. The second kappa shape index (κ2) is 8.22. The second-order valence-electron chi connectivity index (χ2n) is 8.90. The standard InChI is InChI=1S/C22H37NO2/c1-2-3-4-5-6-10-15-21-16-11-12-17-22(21,20(25)23-19(21)24)18-13-8-7-9-14-18/h18H,2-17H2,1H3,(H,23,24,25). The Morgan fingerprint density at radius 1 is 0.840 bits per heavy atom. The number of fused-ring (bicyclic) bond motifs is 1. The maximum atomic E-state index is 13.1. The number of amides is 2. The third-order valence-corrected chi connectivity index (χ3v) is 7.60. The van der Waals surface area contributed by atoms with E-state index in [1.807, 2.05) is 0 Å². The number of rotatable bonds is 8. The Morgan fingerprint density at radius 2 is 1.52 bits per heavy atom. The second-order valence-corrected chi connectivity index (χ2v) is 8.90. The predicted molar refractivity (Wildman–Crippen MR) is 101 cm³/mol. The summed E-state index contributed by atoms with van der Waals surface area (Å²) in [7, 11) is 0. The molecule has 3 heteroatoms. The lowest BCUT2D eigenvalue weighted by Gasteiger charge is -2.51. The molecule has 0 aromatic rings. The number of carbonyl (C=O) groups is 2. The third kappa shape index (κ3) is 3.28. The van der Waals surface area contributed by atoms with Crippen LogP contribution in [0.5, 0.6) is 0 Å². The molecular formula is C22H37NO2. The van der Waals surface area contributed by atoms with Crippen molar-refractivity contribution in [3.63, 3.8) is 0 Å². The number of carbonyl (C=O) groups excluding carboxylic acids is 2. The van der Waals surface area contributed by atoms with Crippen molar-refractivity contribution in [2.45, 2.75) is 110 Å². The highest BCUT2D eigenvalue weighted by Gasteiger charge is 2.68. The smallest absolute Gasteiger partial charge is 0.234 e. The van der Waals surface area contributed by atoms with Gasteiger partial charge in [-0.3, -0.25) is 14.9 Å². The Hall–Kier alpha value is -0.860. The summed E-state index contributed by atoms with van der Waals surface area (Å²) >= 11 is 0. The molecule has 0 aromatic carbocycles. The highest BCUT2D eigenvalue weighted by Crippen LogP contribution is 2.63. The topological polar surface area (TPSA) is 46.2 Å². The van der Waals surface area contributed by atoms with Crippen molar-refractivity contribution >= 4 is 11.8 Å². The third-order valence-electron chi connectivity index (χ3n) is 7.60. The van der Waals surface area contributed by atoms with E-state index < -0.39 is 0 Å². The van der Waals surface area contributed by atoms with Crippen LogP contribution in [-0.2, 0) is 9.59 Å². The molecule has 3 fully saturated rings. The molecule has 2 amide bonds. The van der Waals surface area contributed by atoms with Crippen molar-refractivity contribution in [3.05, 3.63) is 0 Å². The van der Waals surface area contributed by atoms with Gasteiger partial charge in [-0.1, -0.05) is 77.6 Å². The van der Waals surface area contributed by atoms with Gasteiger partial charge in [0.05, 0.1) is 10.8 Å². The molecule has 0 radical (unpaired) electrons. The monoisotopic (exact) mass is 347 g/mol. The van der Waals surface area contributed by atoms with Gasteiger partial charge in [0.15, 0.2) is 0 Å². The van der Waals surface area contributed by atoms with Gasteiger partial charge in [0, 0.05) is 0 Å². The molecule has 1 saturated heterocycles. The van der Waals surface area contributed by atoms with Crippen molar-refractivity contribution in [1.82, 2.24) is 5.32 Å².